The molecule has 0 nitrogen and oxygen atoms in total. The zero-order chi connectivity index (χ0) is 9.78. The van der Waals surface area contributed by atoms with Gasteiger partial charge in [-0.25, -0.2) is 0 Å². The van der Waals surface area contributed by atoms with Crippen molar-refractivity contribution in [3.8, 4) is 0 Å². The molecule has 0 unspecified atom stereocenters. The van der Waals surface area contributed by atoms with Crippen molar-refractivity contribution in [1.29, 1.82) is 0 Å². The molecule has 0 bridgehead atoms. The molecule has 0 aromatic heterocycles. The van der Waals surface area contributed by atoms with E-state index >= 15 is 0 Å². The van der Waals surface area contributed by atoms with Crippen molar-refractivity contribution in [2.24, 2.45) is 0 Å². The van der Waals surface area contributed by atoms with Gasteiger partial charge in [0.15, 0.2) is 0 Å². The highest BCUT2D eigenvalue weighted by Gasteiger charge is 1.80. The summed E-state index contributed by atoms with van der Waals surface area (Å²) in [7, 11) is 0. The first kappa shape index (κ1) is 12.5. The predicted octanol–water partition coefficient (Wildman–Crippen LogP) is 4.87. The summed E-state index contributed by atoms with van der Waals surface area (Å²) in [5.74, 6) is 0. The van der Waals surface area contributed by atoms with Gasteiger partial charge in [0, 0.05) is 0 Å². The van der Waals surface area contributed by atoms with Crippen LogP contribution in [0.4, 0.5) is 0 Å². The Morgan fingerprint density at radius 1 is 0.692 bits per heavy atom. The Morgan fingerprint density at radius 2 is 1.23 bits per heavy atom. The van der Waals surface area contributed by atoms with Gasteiger partial charge in [0.1, 0.15) is 0 Å². The maximum Gasteiger partial charge on any atom is -0.0348 e. The molecule has 0 radical (unpaired) electrons. The molecule has 0 aliphatic rings. The van der Waals surface area contributed by atoms with E-state index in [2.05, 4.69) is 38.2 Å². The smallest absolute Gasteiger partial charge is 0.0348 e. The zero-order valence-electron chi connectivity index (χ0n) is 9.26. The van der Waals surface area contributed by atoms with E-state index in [1.165, 1.54) is 44.9 Å². The van der Waals surface area contributed by atoms with Crippen molar-refractivity contribution in [1.82, 2.24) is 0 Å². The Bertz CT molecular complexity index is 131. The molecule has 0 N–H and O–H groups in total. The zero-order valence-corrected chi connectivity index (χ0v) is 9.26. The first-order valence-electron chi connectivity index (χ1n) is 5.73. The van der Waals surface area contributed by atoms with E-state index < -0.39 is 0 Å². The van der Waals surface area contributed by atoms with E-state index in [-0.39, 0.29) is 0 Å². The highest BCUT2D eigenvalue weighted by atomic mass is 13.9. The highest BCUT2D eigenvalue weighted by molar-refractivity contribution is 5.02. The average Bonchev–Trinajstić information content (AvgIpc) is 2.16. The van der Waals surface area contributed by atoms with Crippen LogP contribution in [0.3, 0.4) is 0 Å². The number of unbranched alkanes of at least 4 members (excludes halogenated alkanes) is 5. The standard InChI is InChI=1S/C13H24/c1-3-5-7-9-11-13-12-10-8-6-4-2/h9,11-13H,3-8,10H2,1-2H3/b11-9-,13-12+. The summed E-state index contributed by atoms with van der Waals surface area (Å²) in [4.78, 5) is 0. The van der Waals surface area contributed by atoms with Gasteiger partial charge < -0.3 is 0 Å². The highest BCUT2D eigenvalue weighted by Crippen LogP contribution is 2.00. The third-order valence-corrected chi connectivity index (χ3v) is 2.08. The van der Waals surface area contributed by atoms with Crippen molar-refractivity contribution in [2.45, 2.75) is 58.8 Å². The molecule has 0 atom stereocenters. The second-order valence-corrected chi connectivity index (χ2v) is 3.49. The summed E-state index contributed by atoms with van der Waals surface area (Å²) in [5, 5.41) is 0. The lowest BCUT2D eigenvalue weighted by Gasteiger charge is -1.90. The average molecular weight is 180 g/mol. The molecule has 0 aromatic rings. The minimum absolute atomic E-state index is 1.23. The molecule has 13 heavy (non-hydrogen) atoms. The fourth-order valence-electron chi connectivity index (χ4n) is 1.18. The van der Waals surface area contributed by atoms with Crippen LogP contribution < -0.4 is 0 Å². The summed E-state index contributed by atoms with van der Waals surface area (Å²) < 4.78 is 0. The lowest BCUT2D eigenvalue weighted by atomic mass is 10.2. The molecule has 0 fully saturated rings. The second-order valence-electron chi connectivity index (χ2n) is 3.49. The first-order chi connectivity index (χ1) is 6.41. The normalized spacial score (nSPS) is 11.8. The summed E-state index contributed by atoms with van der Waals surface area (Å²) in [6, 6.07) is 0. The minimum atomic E-state index is 1.23. The summed E-state index contributed by atoms with van der Waals surface area (Å²) in [5.41, 5.74) is 0. The fourth-order valence-corrected chi connectivity index (χ4v) is 1.18. The Balaban J connectivity index is 3.15. The van der Waals surface area contributed by atoms with Crippen LogP contribution >= 0.6 is 0 Å². The third kappa shape index (κ3) is 11.5. The molecule has 0 saturated heterocycles. The van der Waals surface area contributed by atoms with E-state index in [1.54, 1.807) is 0 Å². The van der Waals surface area contributed by atoms with Gasteiger partial charge in [0.2, 0.25) is 0 Å². The molecule has 0 aromatic carbocycles. The first-order valence-corrected chi connectivity index (χ1v) is 5.73. The van der Waals surface area contributed by atoms with Gasteiger partial charge >= 0.3 is 0 Å². The molecule has 0 aliphatic heterocycles. The SMILES string of the molecule is CCCC/C=C\C=C\CCCCC. The summed E-state index contributed by atoms with van der Waals surface area (Å²) >= 11 is 0. The van der Waals surface area contributed by atoms with Gasteiger partial charge in [-0.3, -0.25) is 0 Å². The Labute approximate surface area is 83.7 Å². The maximum atomic E-state index is 2.28. The van der Waals surface area contributed by atoms with Crippen molar-refractivity contribution in [2.75, 3.05) is 0 Å². The Morgan fingerprint density at radius 3 is 1.77 bits per heavy atom. The van der Waals surface area contributed by atoms with Crippen LogP contribution in [-0.2, 0) is 0 Å². The monoisotopic (exact) mass is 180 g/mol. The molecule has 0 spiro atoms. The number of rotatable bonds is 8. The van der Waals surface area contributed by atoms with Gasteiger partial charge in [-0.2, -0.15) is 0 Å². The topological polar surface area (TPSA) is 0 Å². The number of hydrogen-bond donors (Lipinski definition) is 0. The van der Waals surface area contributed by atoms with Crippen molar-refractivity contribution < 1.29 is 0 Å². The molecule has 0 saturated carbocycles. The van der Waals surface area contributed by atoms with Gasteiger partial charge in [-0.1, -0.05) is 63.8 Å². The van der Waals surface area contributed by atoms with Crippen molar-refractivity contribution in [3.05, 3.63) is 24.3 Å². The molecular formula is C13H24. The van der Waals surface area contributed by atoms with E-state index in [0.717, 1.165) is 0 Å². The van der Waals surface area contributed by atoms with Crippen LogP contribution in [0.2, 0.25) is 0 Å². The molecule has 0 heteroatoms. The quantitative estimate of drug-likeness (QED) is 0.369. The van der Waals surface area contributed by atoms with E-state index in [9.17, 15) is 0 Å². The molecule has 76 valence electrons. The van der Waals surface area contributed by atoms with Crippen molar-refractivity contribution >= 4 is 0 Å². The predicted molar refractivity (Wildman–Crippen MR) is 61.9 cm³/mol. The van der Waals surface area contributed by atoms with Gasteiger partial charge in [-0.05, 0) is 19.3 Å². The number of hydrogen-bond acceptors (Lipinski definition) is 0. The largest absolute Gasteiger partial charge is 0.0845 e. The second kappa shape index (κ2) is 11.5. The van der Waals surface area contributed by atoms with Crippen LogP contribution in [0, 0.1) is 0 Å². The molecular weight excluding hydrogens is 156 g/mol. The van der Waals surface area contributed by atoms with E-state index in [4.69, 9.17) is 0 Å². The lowest BCUT2D eigenvalue weighted by molar-refractivity contribution is 0.729. The summed E-state index contributed by atoms with van der Waals surface area (Å²) in [6.07, 6.45) is 18.0. The molecule has 0 rings (SSSR count). The molecule has 0 aliphatic carbocycles. The minimum Gasteiger partial charge on any atom is -0.0845 e. The van der Waals surface area contributed by atoms with Crippen LogP contribution in [0.5, 0.6) is 0 Å². The van der Waals surface area contributed by atoms with E-state index in [1.807, 2.05) is 0 Å². The van der Waals surface area contributed by atoms with E-state index in [0.29, 0.717) is 0 Å². The lowest BCUT2D eigenvalue weighted by Crippen LogP contribution is -1.70. The Kier molecular flexibility index (Phi) is 11.0. The molecule has 0 heterocycles. The Hall–Kier alpha value is -0.520. The summed E-state index contributed by atoms with van der Waals surface area (Å²) in [6.45, 7) is 4.47. The van der Waals surface area contributed by atoms with Crippen LogP contribution in [0.15, 0.2) is 24.3 Å². The molecule has 0 amide bonds. The van der Waals surface area contributed by atoms with Gasteiger partial charge in [0.05, 0.1) is 0 Å². The third-order valence-electron chi connectivity index (χ3n) is 2.08. The van der Waals surface area contributed by atoms with Gasteiger partial charge in [0.25, 0.3) is 0 Å². The number of allylic oxidation sites excluding steroid dienone is 4. The van der Waals surface area contributed by atoms with Crippen molar-refractivity contribution in [3.63, 3.8) is 0 Å². The fraction of sp³-hybridized carbons (Fsp3) is 0.692. The van der Waals surface area contributed by atoms with Crippen LogP contribution in [0.25, 0.3) is 0 Å². The maximum absolute atomic E-state index is 2.28. The van der Waals surface area contributed by atoms with Crippen LogP contribution in [-0.4, -0.2) is 0 Å². The van der Waals surface area contributed by atoms with Gasteiger partial charge in [-0.15, -0.1) is 0 Å². The van der Waals surface area contributed by atoms with Crippen LogP contribution in [0.1, 0.15) is 58.8 Å².